The molecule has 0 aliphatic heterocycles. The molecular formula is C12H11NO. The first-order chi connectivity index (χ1) is 6.74. The summed E-state index contributed by atoms with van der Waals surface area (Å²) in [5, 5.41) is 2.59. The molecule has 2 heteroatoms. The lowest BCUT2D eigenvalue weighted by molar-refractivity contribution is 0.0968. The van der Waals surface area contributed by atoms with Gasteiger partial charge in [-0.05, 0) is 25.0 Å². The van der Waals surface area contributed by atoms with Gasteiger partial charge in [0.1, 0.15) is 0 Å². The number of allylic oxidation sites excluding steroid dienone is 1. The molecule has 0 unspecified atom stereocenters. The molecule has 1 aromatic rings. The number of amides is 1. The Kier molecular flexibility index (Phi) is 3.51. The molecule has 0 saturated heterocycles. The van der Waals surface area contributed by atoms with Gasteiger partial charge in [0.05, 0.1) is 5.70 Å². The number of hydrogen-bond donors (Lipinski definition) is 1. The Morgan fingerprint density at radius 3 is 2.57 bits per heavy atom. The first-order valence-corrected chi connectivity index (χ1v) is 4.22. The highest BCUT2D eigenvalue weighted by molar-refractivity contribution is 5.95. The maximum absolute atomic E-state index is 11.5. The van der Waals surface area contributed by atoms with Crippen molar-refractivity contribution in [3.05, 3.63) is 48.2 Å². The van der Waals surface area contributed by atoms with Crippen LogP contribution in [-0.2, 0) is 0 Å². The number of nitrogens with one attached hydrogen (secondary N) is 1. The Morgan fingerprint density at radius 2 is 2.00 bits per heavy atom. The smallest absolute Gasteiger partial charge is 0.256 e. The third-order valence-electron chi connectivity index (χ3n) is 1.58. The zero-order chi connectivity index (χ0) is 10.4. The summed E-state index contributed by atoms with van der Waals surface area (Å²) >= 11 is 0. The molecule has 0 heterocycles. The van der Waals surface area contributed by atoms with Crippen LogP contribution in [-0.4, -0.2) is 5.91 Å². The standard InChI is InChI=1S/C12H11NO/c1-3-7-10(2)13-12(14)11-8-5-4-6-9-11/h4-6,8-9H,2H2,1H3,(H,13,14). The summed E-state index contributed by atoms with van der Waals surface area (Å²) in [5.41, 5.74) is 1.02. The van der Waals surface area contributed by atoms with Crippen molar-refractivity contribution in [3.8, 4) is 11.8 Å². The molecule has 0 aliphatic carbocycles. The molecule has 0 aliphatic rings. The number of hydrogen-bond acceptors (Lipinski definition) is 1. The van der Waals surface area contributed by atoms with Gasteiger partial charge in [-0.1, -0.05) is 30.7 Å². The largest absolute Gasteiger partial charge is 0.315 e. The fraction of sp³-hybridized carbons (Fsp3) is 0.0833. The summed E-state index contributed by atoms with van der Waals surface area (Å²) < 4.78 is 0. The fourth-order valence-corrected chi connectivity index (χ4v) is 0.981. The molecule has 1 amide bonds. The summed E-state index contributed by atoms with van der Waals surface area (Å²) in [6, 6.07) is 8.95. The third kappa shape index (κ3) is 2.80. The Hall–Kier alpha value is -2.01. The average molecular weight is 185 g/mol. The molecule has 0 atom stereocenters. The van der Waals surface area contributed by atoms with Crippen LogP contribution in [0.5, 0.6) is 0 Å². The van der Waals surface area contributed by atoms with E-state index in [-0.39, 0.29) is 5.91 Å². The van der Waals surface area contributed by atoms with E-state index in [4.69, 9.17) is 0 Å². The van der Waals surface area contributed by atoms with Crippen molar-refractivity contribution in [1.29, 1.82) is 0 Å². The fourth-order valence-electron chi connectivity index (χ4n) is 0.981. The van der Waals surface area contributed by atoms with Gasteiger partial charge in [0, 0.05) is 5.56 Å². The number of rotatable bonds is 2. The molecule has 70 valence electrons. The Morgan fingerprint density at radius 1 is 1.36 bits per heavy atom. The molecule has 2 nitrogen and oxygen atoms in total. The van der Waals surface area contributed by atoms with Gasteiger partial charge in [0.25, 0.3) is 5.91 Å². The predicted molar refractivity (Wildman–Crippen MR) is 56.5 cm³/mol. The van der Waals surface area contributed by atoms with E-state index in [1.807, 2.05) is 18.2 Å². The highest BCUT2D eigenvalue weighted by Crippen LogP contribution is 1.98. The van der Waals surface area contributed by atoms with Crippen LogP contribution in [0.2, 0.25) is 0 Å². The highest BCUT2D eigenvalue weighted by Gasteiger charge is 2.03. The molecule has 1 aromatic carbocycles. The minimum atomic E-state index is -0.182. The summed E-state index contributed by atoms with van der Waals surface area (Å²) in [6.45, 7) is 5.30. The first kappa shape index (κ1) is 10.1. The van der Waals surface area contributed by atoms with E-state index in [0.29, 0.717) is 11.3 Å². The average Bonchev–Trinajstić information content (AvgIpc) is 2.19. The van der Waals surface area contributed by atoms with Crippen LogP contribution in [0.4, 0.5) is 0 Å². The van der Waals surface area contributed by atoms with Gasteiger partial charge in [-0.2, -0.15) is 0 Å². The summed E-state index contributed by atoms with van der Waals surface area (Å²) in [7, 11) is 0. The van der Waals surface area contributed by atoms with Crippen molar-refractivity contribution in [2.75, 3.05) is 0 Å². The lowest BCUT2D eigenvalue weighted by Gasteiger charge is -2.01. The van der Waals surface area contributed by atoms with E-state index >= 15 is 0 Å². The van der Waals surface area contributed by atoms with E-state index in [1.165, 1.54) is 0 Å². The van der Waals surface area contributed by atoms with E-state index in [1.54, 1.807) is 19.1 Å². The van der Waals surface area contributed by atoms with Gasteiger partial charge < -0.3 is 5.32 Å². The summed E-state index contributed by atoms with van der Waals surface area (Å²) in [6.07, 6.45) is 0. The topological polar surface area (TPSA) is 29.1 Å². The molecule has 0 aromatic heterocycles. The minimum absolute atomic E-state index is 0.182. The van der Waals surface area contributed by atoms with Gasteiger partial charge in [-0.15, -0.1) is 0 Å². The van der Waals surface area contributed by atoms with Crippen LogP contribution < -0.4 is 5.32 Å². The van der Waals surface area contributed by atoms with Gasteiger partial charge in [-0.3, -0.25) is 4.79 Å². The van der Waals surface area contributed by atoms with Crippen molar-refractivity contribution < 1.29 is 4.79 Å². The Labute approximate surface area is 83.6 Å². The van der Waals surface area contributed by atoms with Crippen molar-refractivity contribution in [1.82, 2.24) is 5.32 Å². The summed E-state index contributed by atoms with van der Waals surface area (Å²) in [4.78, 5) is 11.5. The first-order valence-electron chi connectivity index (χ1n) is 4.22. The van der Waals surface area contributed by atoms with Gasteiger partial charge in [0.15, 0.2) is 0 Å². The second kappa shape index (κ2) is 4.88. The van der Waals surface area contributed by atoms with Gasteiger partial charge in [-0.25, -0.2) is 0 Å². The van der Waals surface area contributed by atoms with Crippen molar-refractivity contribution in [2.24, 2.45) is 0 Å². The van der Waals surface area contributed by atoms with Crippen LogP contribution in [0.3, 0.4) is 0 Å². The summed E-state index contributed by atoms with van der Waals surface area (Å²) in [5.74, 6) is 5.15. The SMILES string of the molecule is C=C(C#CC)NC(=O)c1ccccc1. The zero-order valence-electron chi connectivity index (χ0n) is 8.00. The van der Waals surface area contributed by atoms with Gasteiger partial charge >= 0.3 is 0 Å². The third-order valence-corrected chi connectivity index (χ3v) is 1.58. The molecular weight excluding hydrogens is 174 g/mol. The van der Waals surface area contributed by atoms with Crippen LogP contribution >= 0.6 is 0 Å². The lowest BCUT2D eigenvalue weighted by atomic mass is 10.2. The van der Waals surface area contributed by atoms with Crippen LogP contribution in [0.15, 0.2) is 42.6 Å². The molecule has 0 saturated carbocycles. The van der Waals surface area contributed by atoms with Gasteiger partial charge in [0.2, 0.25) is 0 Å². The molecule has 1 N–H and O–H groups in total. The molecule has 1 rings (SSSR count). The Balaban J connectivity index is 2.67. The number of carbonyl (C=O) groups is 1. The number of benzene rings is 1. The van der Waals surface area contributed by atoms with Crippen LogP contribution in [0.1, 0.15) is 17.3 Å². The lowest BCUT2D eigenvalue weighted by Crippen LogP contribution is -2.21. The van der Waals surface area contributed by atoms with Crippen molar-refractivity contribution >= 4 is 5.91 Å². The Bertz CT molecular complexity index is 395. The minimum Gasteiger partial charge on any atom is -0.315 e. The van der Waals surface area contributed by atoms with Crippen LogP contribution in [0.25, 0.3) is 0 Å². The van der Waals surface area contributed by atoms with E-state index in [0.717, 1.165) is 0 Å². The zero-order valence-corrected chi connectivity index (χ0v) is 8.00. The molecule has 0 spiro atoms. The molecule has 14 heavy (non-hydrogen) atoms. The highest BCUT2D eigenvalue weighted by atomic mass is 16.1. The van der Waals surface area contributed by atoms with Crippen molar-refractivity contribution in [2.45, 2.75) is 6.92 Å². The van der Waals surface area contributed by atoms with Crippen LogP contribution in [0, 0.1) is 11.8 Å². The maximum atomic E-state index is 11.5. The second-order valence-electron chi connectivity index (χ2n) is 2.67. The molecule has 0 bridgehead atoms. The molecule has 0 radical (unpaired) electrons. The monoisotopic (exact) mass is 185 g/mol. The van der Waals surface area contributed by atoms with E-state index in [9.17, 15) is 4.79 Å². The van der Waals surface area contributed by atoms with E-state index < -0.39 is 0 Å². The number of carbonyl (C=O) groups excluding carboxylic acids is 1. The van der Waals surface area contributed by atoms with Crippen molar-refractivity contribution in [3.63, 3.8) is 0 Å². The maximum Gasteiger partial charge on any atom is 0.256 e. The quantitative estimate of drug-likeness (QED) is 0.701. The normalized spacial score (nSPS) is 8.36. The second-order valence-corrected chi connectivity index (χ2v) is 2.67. The van der Waals surface area contributed by atoms with E-state index in [2.05, 4.69) is 23.7 Å². The molecule has 0 fully saturated rings. The predicted octanol–water partition coefficient (Wildman–Crippen LogP) is 1.95.